The van der Waals surface area contributed by atoms with Gasteiger partial charge in [0.15, 0.2) is 0 Å². The van der Waals surface area contributed by atoms with Crippen LogP contribution in [0.5, 0.6) is 0 Å². The molecule has 3 aromatic carbocycles. The molecule has 1 heterocycles. The predicted octanol–water partition coefficient (Wildman–Crippen LogP) is 4.75. The van der Waals surface area contributed by atoms with Gasteiger partial charge in [-0.25, -0.2) is 17.9 Å². The van der Waals surface area contributed by atoms with Crippen LogP contribution in [0, 0.1) is 0 Å². The minimum Gasteiger partial charge on any atom is -0.335 e. The van der Waals surface area contributed by atoms with Crippen LogP contribution in [0.25, 0.3) is 0 Å². The number of hydrogen-bond acceptors (Lipinski definition) is 4. The summed E-state index contributed by atoms with van der Waals surface area (Å²) >= 11 is 0. The third kappa shape index (κ3) is 4.99. The Morgan fingerprint density at radius 2 is 1.53 bits per heavy atom. The summed E-state index contributed by atoms with van der Waals surface area (Å²) in [6.07, 6.45) is 4.95. The fourth-order valence-corrected chi connectivity index (χ4v) is 6.06. The second kappa shape index (κ2) is 10.1. The lowest BCUT2D eigenvalue weighted by Gasteiger charge is -2.26. The standard InChI is InChI=1S/C28H29N3O4S/c32-27-25-14-8-7-13-24(25)26(21-9-3-1-4-10-21)31(27)19-20-15-17-23(18-16-20)36(34,35)30-28(33)29-22-11-5-2-6-12-22/h1,3-4,7-10,13-18,22,26H,2,5-6,11-12,19H2,(H2,29,30,33). The summed E-state index contributed by atoms with van der Waals surface area (Å²) in [6, 6.07) is 22.9. The fraction of sp³-hybridized carbons (Fsp3) is 0.286. The van der Waals surface area contributed by atoms with Gasteiger partial charge in [0.25, 0.3) is 15.9 Å². The molecule has 1 atom stereocenters. The second-order valence-electron chi connectivity index (χ2n) is 9.39. The summed E-state index contributed by atoms with van der Waals surface area (Å²) in [7, 11) is -4.01. The van der Waals surface area contributed by atoms with Gasteiger partial charge < -0.3 is 10.2 Å². The fourth-order valence-electron chi connectivity index (χ4n) is 5.14. The minimum absolute atomic E-state index is 0.000637. The molecule has 3 amide bonds. The molecule has 8 heteroatoms. The van der Waals surface area contributed by atoms with Gasteiger partial charge in [-0.3, -0.25) is 4.79 Å². The highest BCUT2D eigenvalue weighted by atomic mass is 32.2. The summed E-state index contributed by atoms with van der Waals surface area (Å²) in [5.74, 6) is -0.0581. The Morgan fingerprint density at radius 1 is 0.861 bits per heavy atom. The van der Waals surface area contributed by atoms with E-state index in [1.54, 1.807) is 17.0 Å². The number of sulfonamides is 1. The number of benzene rings is 3. The third-order valence-electron chi connectivity index (χ3n) is 6.93. The number of rotatable bonds is 6. The molecule has 2 aliphatic rings. The van der Waals surface area contributed by atoms with Crippen molar-refractivity contribution in [3.63, 3.8) is 0 Å². The summed E-state index contributed by atoms with van der Waals surface area (Å²) in [5.41, 5.74) is 3.45. The summed E-state index contributed by atoms with van der Waals surface area (Å²) < 4.78 is 27.6. The average molecular weight is 504 g/mol. The highest BCUT2D eigenvalue weighted by Crippen LogP contribution is 2.39. The quantitative estimate of drug-likeness (QED) is 0.507. The number of nitrogens with one attached hydrogen (secondary N) is 2. The lowest BCUT2D eigenvalue weighted by molar-refractivity contribution is 0.0736. The molecule has 0 aromatic heterocycles. The van der Waals surface area contributed by atoms with Gasteiger partial charge in [0.05, 0.1) is 10.9 Å². The van der Waals surface area contributed by atoms with Crippen LogP contribution in [0.2, 0.25) is 0 Å². The molecule has 0 spiro atoms. The Labute approximate surface area is 211 Å². The van der Waals surface area contributed by atoms with Gasteiger partial charge in [0.2, 0.25) is 0 Å². The van der Waals surface area contributed by atoms with Gasteiger partial charge in [-0.15, -0.1) is 0 Å². The highest BCUT2D eigenvalue weighted by molar-refractivity contribution is 7.90. The zero-order valence-electron chi connectivity index (χ0n) is 19.9. The molecule has 36 heavy (non-hydrogen) atoms. The number of fused-ring (bicyclic) bond motifs is 1. The van der Waals surface area contributed by atoms with E-state index in [-0.39, 0.29) is 22.9 Å². The molecule has 1 unspecified atom stereocenters. The van der Waals surface area contributed by atoms with Crippen molar-refractivity contribution in [2.24, 2.45) is 0 Å². The molecule has 7 nitrogen and oxygen atoms in total. The first-order valence-electron chi connectivity index (χ1n) is 12.3. The largest absolute Gasteiger partial charge is 0.335 e. The van der Waals surface area contributed by atoms with E-state index in [9.17, 15) is 18.0 Å². The highest BCUT2D eigenvalue weighted by Gasteiger charge is 2.37. The van der Waals surface area contributed by atoms with Crippen molar-refractivity contribution in [2.75, 3.05) is 0 Å². The number of carbonyl (C=O) groups excluding carboxylic acids is 2. The maximum absolute atomic E-state index is 13.3. The van der Waals surface area contributed by atoms with E-state index in [2.05, 4.69) is 10.0 Å². The molecular weight excluding hydrogens is 474 g/mol. The smallest absolute Gasteiger partial charge is 0.328 e. The van der Waals surface area contributed by atoms with Crippen LogP contribution in [0.3, 0.4) is 0 Å². The van der Waals surface area contributed by atoms with Gasteiger partial charge in [-0.05, 0) is 47.7 Å². The molecule has 0 saturated heterocycles. The summed E-state index contributed by atoms with van der Waals surface area (Å²) in [4.78, 5) is 27.3. The number of nitrogens with zero attached hydrogens (tertiary/aromatic N) is 1. The molecule has 3 aromatic rings. The van der Waals surface area contributed by atoms with Crippen molar-refractivity contribution >= 4 is 22.0 Å². The molecule has 1 saturated carbocycles. The Morgan fingerprint density at radius 3 is 2.25 bits per heavy atom. The van der Waals surface area contributed by atoms with Crippen LogP contribution in [0.15, 0.2) is 83.8 Å². The topological polar surface area (TPSA) is 95.6 Å². The van der Waals surface area contributed by atoms with E-state index in [4.69, 9.17) is 0 Å². The van der Waals surface area contributed by atoms with Crippen molar-refractivity contribution in [1.29, 1.82) is 0 Å². The second-order valence-corrected chi connectivity index (χ2v) is 11.1. The van der Waals surface area contributed by atoms with Gasteiger partial charge in [-0.2, -0.15) is 0 Å². The van der Waals surface area contributed by atoms with Crippen molar-refractivity contribution in [3.05, 3.63) is 101 Å². The normalized spacial score (nSPS) is 18.1. The van der Waals surface area contributed by atoms with Crippen LogP contribution in [0.4, 0.5) is 4.79 Å². The Bertz CT molecular complexity index is 1350. The average Bonchev–Trinajstić information content (AvgIpc) is 3.16. The number of carbonyl (C=O) groups is 2. The van der Waals surface area contributed by atoms with E-state index in [1.165, 1.54) is 12.1 Å². The zero-order chi connectivity index (χ0) is 25.1. The molecule has 0 radical (unpaired) electrons. The lowest BCUT2D eigenvalue weighted by atomic mass is 9.96. The zero-order valence-corrected chi connectivity index (χ0v) is 20.7. The van der Waals surface area contributed by atoms with E-state index in [0.29, 0.717) is 12.1 Å². The van der Waals surface area contributed by atoms with Crippen LogP contribution < -0.4 is 10.0 Å². The first-order chi connectivity index (χ1) is 17.4. The first kappa shape index (κ1) is 24.1. The molecule has 1 fully saturated rings. The predicted molar refractivity (Wildman–Crippen MR) is 137 cm³/mol. The van der Waals surface area contributed by atoms with E-state index < -0.39 is 16.1 Å². The molecule has 0 bridgehead atoms. The Hall–Kier alpha value is -3.65. The molecular formula is C28H29N3O4S. The van der Waals surface area contributed by atoms with Crippen LogP contribution in [0.1, 0.15) is 65.2 Å². The van der Waals surface area contributed by atoms with Gasteiger partial charge in [0, 0.05) is 18.2 Å². The van der Waals surface area contributed by atoms with Gasteiger partial charge >= 0.3 is 6.03 Å². The van der Waals surface area contributed by atoms with Crippen molar-refractivity contribution in [1.82, 2.24) is 14.9 Å². The van der Waals surface area contributed by atoms with E-state index in [1.807, 2.05) is 54.6 Å². The molecule has 1 aliphatic carbocycles. The van der Waals surface area contributed by atoms with Crippen LogP contribution >= 0.6 is 0 Å². The van der Waals surface area contributed by atoms with Crippen molar-refractivity contribution < 1.29 is 18.0 Å². The van der Waals surface area contributed by atoms with Gasteiger partial charge in [-0.1, -0.05) is 79.9 Å². The SMILES string of the molecule is O=C(NC1CCCCC1)NS(=O)(=O)c1ccc(CN2C(=O)c3ccccc3C2c2ccccc2)cc1. The number of urea groups is 1. The van der Waals surface area contributed by atoms with E-state index >= 15 is 0 Å². The first-order valence-corrected chi connectivity index (χ1v) is 13.8. The molecule has 5 rings (SSSR count). The number of amides is 3. The Balaban J connectivity index is 1.31. The summed E-state index contributed by atoms with van der Waals surface area (Å²) in [5, 5.41) is 2.76. The van der Waals surface area contributed by atoms with Crippen LogP contribution in [-0.4, -0.2) is 31.3 Å². The number of hydrogen-bond donors (Lipinski definition) is 2. The molecule has 2 N–H and O–H groups in total. The lowest BCUT2D eigenvalue weighted by Crippen LogP contribution is -2.45. The van der Waals surface area contributed by atoms with Crippen LogP contribution in [-0.2, 0) is 16.6 Å². The third-order valence-corrected chi connectivity index (χ3v) is 8.27. The van der Waals surface area contributed by atoms with Gasteiger partial charge in [0.1, 0.15) is 0 Å². The van der Waals surface area contributed by atoms with Crippen molar-refractivity contribution in [2.45, 2.75) is 55.6 Å². The maximum Gasteiger partial charge on any atom is 0.328 e. The Kier molecular flexibility index (Phi) is 6.78. The monoisotopic (exact) mass is 503 g/mol. The maximum atomic E-state index is 13.3. The molecule has 1 aliphatic heterocycles. The molecule has 186 valence electrons. The van der Waals surface area contributed by atoms with Crippen molar-refractivity contribution in [3.8, 4) is 0 Å². The van der Waals surface area contributed by atoms with E-state index in [0.717, 1.165) is 48.8 Å². The minimum atomic E-state index is -4.01. The summed E-state index contributed by atoms with van der Waals surface area (Å²) in [6.45, 7) is 0.322.